The van der Waals surface area contributed by atoms with Gasteiger partial charge in [0.05, 0.1) is 15.7 Å². The third-order valence-electron chi connectivity index (χ3n) is 5.78. The third kappa shape index (κ3) is 4.60. The van der Waals surface area contributed by atoms with E-state index < -0.39 is 5.82 Å². The molecule has 1 heterocycles. The van der Waals surface area contributed by atoms with Crippen LogP contribution in [0.1, 0.15) is 39.0 Å². The first kappa shape index (κ1) is 19.2. The van der Waals surface area contributed by atoms with Gasteiger partial charge in [-0.1, -0.05) is 23.2 Å². The van der Waals surface area contributed by atoms with E-state index in [0.717, 1.165) is 37.8 Å². The number of halogens is 3. The highest BCUT2D eigenvalue weighted by atomic mass is 35.5. The molecule has 25 heavy (non-hydrogen) atoms. The van der Waals surface area contributed by atoms with E-state index in [0.29, 0.717) is 17.1 Å². The topological polar surface area (TPSA) is 32.5 Å². The van der Waals surface area contributed by atoms with E-state index in [9.17, 15) is 4.39 Å². The fourth-order valence-corrected chi connectivity index (χ4v) is 4.60. The van der Waals surface area contributed by atoms with Gasteiger partial charge in [-0.05, 0) is 63.6 Å². The largest absolute Gasteiger partial charge is 0.365 e. The molecule has 0 radical (unpaired) electrons. The minimum atomic E-state index is -0.464. The second-order valence-corrected chi connectivity index (χ2v) is 8.36. The Balaban J connectivity index is 1.53. The smallest absolute Gasteiger partial charge is 0.143 e. The van der Waals surface area contributed by atoms with Crippen molar-refractivity contribution in [3.63, 3.8) is 0 Å². The predicted molar refractivity (Wildman–Crippen MR) is 104 cm³/mol. The summed E-state index contributed by atoms with van der Waals surface area (Å²) < 4.78 is 13.5. The molecule has 3 nitrogen and oxygen atoms in total. The van der Waals surface area contributed by atoms with Crippen molar-refractivity contribution >= 4 is 28.9 Å². The van der Waals surface area contributed by atoms with Gasteiger partial charge in [-0.3, -0.25) is 4.90 Å². The van der Waals surface area contributed by atoms with E-state index in [1.807, 2.05) is 0 Å². The number of anilines is 1. The van der Waals surface area contributed by atoms with Crippen molar-refractivity contribution in [1.82, 2.24) is 4.90 Å². The Bertz CT molecular complexity index is 590. The SMILES string of the molecule is CC1CN(CCC2CCC(N)CC2)CCN1c1ccc(F)c(Cl)c1Cl. The summed E-state index contributed by atoms with van der Waals surface area (Å²) in [4.78, 5) is 4.78. The van der Waals surface area contributed by atoms with Crippen LogP contribution < -0.4 is 10.6 Å². The molecular formula is C19H28Cl2FN3. The molecule has 6 heteroatoms. The first-order chi connectivity index (χ1) is 12.0. The summed E-state index contributed by atoms with van der Waals surface area (Å²) in [6.45, 7) is 6.23. The van der Waals surface area contributed by atoms with Crippen molar-refractivity contribution in [1.29, 1.82) is 0 Å². The fourth-order valence-electron chi connectivity index (χ4n) is 4.17. The van der Waals surface area contributed by atoms with Crippen molar-refractivity contribution in [2.75, 3.05) is 31.1 Å². The van der Waals surface area contributed by atoms with Crippen LogP contribution in [0.5, 0.6) is 0 Å². The average Bonchev–Trinajstić information content (AvgIpc) is 2.60. The summed E-state index contributed by atoms with van der Waals surface area (Å²) in [5, 5.41) is 0.338. The third-order valence-corrected chi connectivity index (χ3v) is 6.63. The molecule has 2 fully saturated rings. The van der Waals surface area contributed by atoms with Gasteiger partial charge < -0.3 is 10.6 Å². The highest BCUT2D eigenvalue weighted by Gasteiger charge is 2.27. The van der Waals surface area contributed by atoms with Gasteiger partial charge in [-0.2, -0.15) is 0 Å². The fraction of sp³-hybridized carbons (Fsp3) is 0.684. The van der Waals surface area contributed by atoms with Crippen LogP contribution in [0.2, 0.25) is 10.0 Å². The first-order valence-corrected chi connectivity index (χ1v) is 10.1. The van der Waals surface area contributed by atoms with Crippen LogP contribution in [0.3, 0.4) is 0 Å². The molecule has 1 saturated heterocycles. The molecule has 3 rings (SSSR count). The first-order valence-electron chi connectivity index (χ1n) is 9.33. The molecule has 1 saturated carbocycles. The molecule has 1 aliphatic heterocycles. The van der Waals surface area contributed by atoms with Gasteiger partial charge in [0.1, 0.15) is 5.82 Å². The Morgan fingerprint density at radius 2 is 1.84 bits per heavy atom. The van der Waals surface area contributed by atoms with Gasteiger partial charge >= 0.3 is 0 Å². The van der Waals surface area contributed by atoms with E-state index >= 15 is 0 Å². The van der Waals surface area contributed by atoms with Crippen LogP contribution >= 0.6 is 23.2 Å². The van der Waals surface area contributed by atoms with Crippen molar-refractivity contribution in [2.45, 2.75) is 51.1 Å². The molecule has 1 aromatic rings. The summed E-state index contributed by atoms with van der Waals surface area (Å²) >= 11 is 12.2. The maximum atomic E-state index is 13.5. The van der Waals surface area contributed by atoms with Gasteiger partial charge in [-0.25, -0.2) is 4.39 Å². The molecule has 0 spiro atoms. The van der Waals surface area contributed by atoms with Crippen molar-refractivity contribution < 1.29 is 4.39 Å². The molecule has 1 atom stereocenters. The molecule has 0 bridgehead atoms. The van der Waals surface area contributed by atoms with Gasteiger partial charge in [0, 0.05) is 31.7 Å². The molecule has 1 aliphatic carbocycles. The quantitative estimate of drug-likeness (QED) is 0.768. The van der Waals surface area contributed by atoms with Crippen LogP contribution in [0.4, 0.5) is 10.1 Å². The maximum absolute atomic E-state index is 13.5. The van der Waals surface area contributed by atoms with Crippen molar-refractivity contribution in [3.05, 3.63) is 28.0 Å². The summed E-state index contributed by atoms with van der Waals surface area (Å²) in [7, 11) is 0. The lowest BCUT2D eigenvalue weighted by molar-refractivity contribution is 0.198. The molecule has 2 aliphatic rings. The zero-order valence-electron chi connectivity index (χ0n) is 14.9. The normalized spacial score (nSPS) is 28.4. The van der Waals surface area contributed by atoms with E-state index in [1.165, 1.54) is 38.2 Å². The highest BCUT2D eigenvalue weighted by molar-refractivity contribution is 6.43. The van der Waals surface area contributed by atoms with Crippen molar-refractivity contribution in [2.24, 2.45) is 11.7 Å². The van der Waals surface area contributed by atoms with Crippen LogP contribution in [0.25, 0.3) is 0 Å². The maximum Gasteiger partial charge on any atom is 0.143 e. The minimum absolute atomic E-state index is 0.0179. The number of hydrogen-bond donors (Lipinski definition) is 1. The standard InChI is InChI=1S/C19H28Cl2FN3/c1-13-12-24(9-8-14-2-4-15(23)5-3-14)10-11-25(13)17-7-6-16(22)18(20)19(17)21/h6-7,13-15H,2-5,8-12,23H2,1H3. The van der Waals surface area contributed by atoms with Gasteiger partial charge in [-0.15, -0.1) is 0 Å². The Hall–Kier alpha value is -0.550. The Kier molecular flexibility index (Phi) is 6.48. The molecular weight excluding hydrogens is 360 g/mol. The zero-order chi connectivity index (χ0) is 18.0. The average molecular weight is 388 g/mol. The number of piperazine rings is 1. The van der Waals surface area contributed by atoms with E-state index in [4.69, 9.17) is 28.9 Å². The molecule has 0 amide bonds. The van der Waals surface area contributed by atoms with Crippen LogP contribution in [0.15, 0.2) is 12.1 Å². The van der Waals surface area contributed by atoms with Crippen LogP contribution in [-0.2, 0) is 0 Å². The van der Waals surface area contributed by atoms with Crippen LogP contribution in [0, 0.1) is 11.7 Å². The number of nitrogens with two attached hydrogens (primary N) is 1. The van der Waals surface area contributed by atoms with Gasteiger partial charge in [0.2, 0.25) is 0 Å². The highest BCUT2D eigenvalue weighted by Crippen LogP contribution is 2.36. The lowest BCUT2D eigenvalue weighted by atomic mass is 9.84. The van der Waals surface area contributed by atoms with Crippen molar-refractivity contribution in [3.8, 4) is 0 Å². The lowest BCUT2D eigenvalue weighted by Crippen LogP contribution is -2.52. The Morgan fingerprint density at radius 3 is 2.52 bits per heavy atom. The monoisotopic (exact) mass is 387 g/mol. The lowest BCUT2D eigenvalue weighted by Gasteiger charge is -2.42. The van der Waals surface area contributed by atoms with E-state index in [-0.39, 0.29) is 5.02 Å². The molecule has 0 aromatic heterocycles. The second kappa shape index (κ2) is 8.43. The molecule has 2 N–H and O–H groups in total. The number of benzene rings is 1. The van der Waals surface area contributed by atoms with Gasteiger partial charge in [0.25, 0.3) is 0 Å². The predicted octanol–water partition coefficient (Wildman–Crippen LogP) is 4.55. The molecule has 140 valence electrons. The summed E-state index contributed by atoms with van der Waals surface area (Å²) in [6, 6.07) is 3.89. The number of hydrogen-bond acceptors (Lipinski definition) is 3. The number of rotatable bonds is 4. The van der Waals surface area contributed by atoms with E-state index in [1.54, 1.807) is 6.07 Å². The molecule has 1 aromatic carbocycles. The molecule has 1 unspecified atom stereocenters. The van der Waals surface area contributed by atoms with Crippen LogP contribution in [-0.4, -0.2) is 43.2 Å². The second-order valence-electron chi connectivity index (χ2n) is 7.61. The Morgan fingerprint density at radius 1 is 1.12 bits per heavy atom. The number of nitrogens with zero attached hydrogens (tertiary/aromatic N) is 2. The Labute approximate surface area is 160 Å². The minimum Gasteiger partial charge on any atom is -0.365 e. The van der Waals surface area contributed by atoms with E-state index in [2.05, 4.69) is 16.7 Å². The summed E-state index contributed by atoms with van der Waals surface area (Å²) in [5.74, 6) is 0.368. The summed E-state index contributed by atoms with van der Waals surface area (Å²) in [5.41, 5.74) is 6.83. The van der Waals surface area contributed by atoms with Gasteiger partial charge in [0.15, 0.2) is 0 Å². The summed E-state index contributed by atoms with van der Waals surface area (Å²) in [6.07, 6.45) is 6.18. The zero-order valence-corrected chi connectivity index (χ0v) is 16.4.